The minimum Gasteiger partial charge on any atom is -0.464 e. The number of carbonyl (C=O) groups excluding carboxylic acids is 4. The summed E-state index contributed by atoms with van der Waals surface area (Å²) >= 11 is 0. The molecule has 1 saturated heterocycles. The Labute approximate surface area is 157 Å². The van der Waals surface area contributed by atoms with Gasteiger partial charge in [0.15, 0.2) is 6.61 Å². The van der Waals surface area contributed by atoms with Crippen molar-refractivity contribution in [2.75, 3.05) is 25.1 Å². The van der Waals surface area contributed by atoms with Gasteiger partial charge in [0, 0.05) is 19.2 Å². The van der Waals surface area contributed by atoms with Gasteiger partial charge in [-0.05, 0) is 50.5 Å². The van der Waals surface area contributed by atoms with Gasteiger partial charge in [-0.15, -0.1) is 0 Å². The number of nitrogens with one attached hydrogen (secondary N) is 1. The monoisotopic (exact) mass is 376 g/mol. The quantitative estimate of drug-likeness (QED) is 0.759. The maximum absolute atomic E-state index is 12.4. The summed E-state index contributed by atoms with van der Waals surface area (Å²) in [6.45, 7) is 3.35. The van der Waals surface area contributed by atoms with E-state index in [-0.39, 0.29) is 18.1 Å². The zero-order chi connectivity index (χ0) is 19.8. The van der Waals surface area contributed by atoms with Crippen LogP contribution in [0.1, 0.15) is 43.5 Å². The molecule has 0 aromatic heterocycles. The van der Waals surface area contributed by atoms with E-state index in [0.29, 0.717) is 18.7 Å². The first-order valence-corrected chi connectivity index (χ1v) is 8.93. The third kappa shape index (κ3) is 5.80. The molecule has 8 heteroatoms. The molecule has 8 nitrogen and oxygen atoms in total. The molecular weight excluding hydrogens is 352 g/mol. The Morgan fingerprint density at radius 1 is 1.11 bits per heavy atom. The van der Waals surface area contributed by atoms with Gasteiger partial charge in [-0.2, -0.15) is 0 Å². The summed E-state index contributed by atoms with van der Waals surface area (Å²) in [6, 6.07) is 5.52. The number of anilines is 1. The van der Waals surface area contributed by atoms with Crippen molar-refractivity contribution in [3.05, 3.63) is 29.8 Å². The highest BCUT2D eigenvalue weighted by atomic mass is 16.5. The largest absolute Gasteiger partial charge is 0.464 e. The van der Waals surface area contributed by atoms with E-state index in [1.165, 1.54) is 24.0 Å². The van der Waals surface area contributed by atoms with Crippen LogP contribution in [-0.2, 0) is 23.9 Å². The standard InChI is InChI=1S/C19H24N2O6/c1-3-26-19(25)16-6-4-5-11-21(16)17(23)12-27-18(24)14-7-9-15(10-8-14)20-13(2)22/h7-10,16H,3-6,11-12H2,1-2H3,(H,20,22)/t16-/m0/s1. The number of nitrogens with zero attached hydrogens (tertiary/aromatic N) is 1. The average Bonchev–Trinajstić information content (AvgIpc) is 2.66. The van der Waals surface area contributed by atoms with Crippen LogP contribution in [-0.4, -0.2) is 54.5 Å². The molecule has 0 spiro atoms. The van der Waals surface area contributed by atoms with E-state index in [0.717, 1.165) is 12.8 Å². The predicted molar refractivity (Wildman–Crippen MR) is 97.0 cm³/mol. The van der Waals surface area contributed by atoms with E-state index in [2.05, 4.69) is 5.32 Å². The molecule has 1 N–H and O–H groups in total. The van der Waals surface area contributed by atoms with Gasteiger partial charge < -0.3 is 19.7 Å². The molecule has 1 aliphatic rings. The number of esters is 2. The number of ether oxygens (including phenoxy) is 2. The third-order valence-electron chi connectivity index (χ3n) is 4.15. The van der Waals surface area contributed by atoms with E-state index in [9.17, 15) is 19.2 Å². The van der Waals surface area contributed by atoms with Crippen LogP contribution in [0.5, 0.6) is 0 Å². The molecule has 1 aromatic carbocycles. The van der Waals surface area contributed by atoms with Gasteiger partial charge in [0.05, 0.1) is 12.2 Å². The van der Waals surface area contributed by atoms with E-state index in [1.54, 1.807) is 19.1 Å². The molecule has 1 aromatic rings. The van der Waals surface area contributed by atoms with Crippen molar-refractivity contribution in [3.63, 3.8) is 0 Å². The average molecular weight is 376 g/mol. The van der Waals surface area contributed by atoms with Gasteiger partial charge in [0.1, 0.15) is 6.04 Å². The van der Waals surface area contributed by atoms with Crippen LogP contribution in [0.3, 0.4) is 0 Å². The molecule has 1 atom stereocenters. The molecule has 1 fully saturated rings. The van der Waals surface area contributed by atoms with Crippen molar-refractivity contribution in [2.45, 2.75) is 39.2 Å². The maximum Gasteiger partial charge on any atom is 0.338 e. The van der Waals surface area contributed by atoms with Gasteiger partial charge >= 0.3 is 11.9 Å². The lowest BCUT2D eigenvalue weighted by atomic mass is 10.0. The first-order valence-electron chi connectivity index (χ1n) is 8.93. The fraction of sp³-hybridized carbons (Fsp3) is 0.474. The molecule has 27 heavy (non-hydrogen) atoms. The van der Waals surface area contributed by atoms with Gasteiger partial charge in [0.2, 0.25) is 5.91 Å². The Morgan fingerprint density at radius 3 is 2.44 bits per heavy atom. The minimum absolute atomic E-state index is 0.214. The van der Waals surface area contributed by atoms with E-state index in [4.69, 9.17) is 9.47 Å². The number of benzene rings is 1. The van der Waals surface area contributed by atoms with Crippen LogP contribution < -0.4 is 5.32 Å². The maximum atomic E-state index is 12.4. The summed E-state index contributed by atoms with van der Waals surface area (Å²) in [5.74, 6) is -1.71. The fourth-order valence-corrected chi connectivity index (χ4v) is 2.90. The number of amides is 2. The van der Waals surface area contributed by atoms with Crippen LogP contribution in [0.15, 0.2) is 24.3 Å². The number of rotatable bonds is 6. The smallest absolute Gasteiger partial charge is 0.338 e. The van der Waals surface area contributed by atoms with Crippen molar-refractivity contribution >= 4 is 29.4 Å². The second-order valence-electron chi connectivity index (χ2n) is 6.19. The normalized spacial score (nSPS) is 16.4. The lowest BCUT2D eigenvalue weighted by molar-refractivity contribution is -0.157. The molecule has 0 saturated carbocycles. The van der Waals surface area contributed by atoms with Crippen LogP contribution in [0.4, 0.5) is 5.69 Å². The van der Waals surface area contributed by atoms with Crippen molar-refractivity contribution < 1.29 is 28.7 Å². The van der Waals surface area contributed by atoms with Gasteiger partial charge in [-0.25, -0.2) is 9.59 Å². The Morgan fingerprint density at radius 2 is 1.81 bits per heavy atom. The first-order chi connectivity index (χ1) is 12.9. The summed E-state index contributed by atoms with van der Waals surface area (Å²) in [5, 5.41) is 2.59. The number of hydrogen-bond donors (Lipinski definition) is 1. The second-order valence-corrected chi connectivity index (χ2v) is 6.19. The molecule has 2 rings (SSSR count). The van der Waals surface area contributed by atoms with Crippen LogP contribution in [0, 0.1) is 0 Å². The van der Waals surface area contributed by atoms with Crippen LogP contribution in [0.2, 0.25) is 0 Å². The molecule has 1 heterocycles. The van der Waals surface area contributed by atoms with Crippen LogP contribution in [0.25, 0.3) is 0 Å². The third-order valence-corrected chi connectivity index (χ3v) is 4.15. The van der Waals surface area contributed by atoms with Crippen molar-refractivity contribution in [3.8, 4) is 0 Å². The number of carbonyl (C=O) groups is 4. The zero-order valence-corrected chi connectivity index (χ0v) is 15.5. The zero-order valence-electron chi connectivity index (χ0n) is 15.5. The second kappa shape index (κ2) is 9.70. The lowest BCUT2D eigenvalue weighted by Crippen LogP contribution is -2.50. The Bertz CT molecular complexity index is 701. The van der Waals surface area contributed by atoms with E-state index >= 15 is 0 Å². The van der Waals surface area contributed by atoms with Gasteiger partial charge in [0.25, 0.3) is 5.91 Å². The summed E-state index contributed by atoms with van der Waals surface area (Å²) in [4.78, 5) is 49.0. The predicted octanol–water partition coefficient (Wildman–Crippen LogP) is 1.75. The summed E-state index contributed by atoms with van der Waals surface area (Å²) in [6.07, 6.45) is 2.18. The highest BCUT2D eigenvalue weighted by molar-refractivity contribution is 5.93. The topological polar surface area (TPSA) is 102 Å². The number of likely N-dealkylation sites (tertiary alicyclic amines) is 1. The minimum atomic E-state index is -0.651. The Kier molecular flexibility index (Phi) is 7.34. The number of piperidine rings is 1. The van der Waals surface area contributed by atoms with Crippen molar-refractivity contribution in [1.29, 1.82) is 0 Å². The van der Waals surface area contributed by atoms with Crippen molar-refractivity contribution in [2.24, 2.45) is 0 Å². The number of hydrogen-bond acceptors (Lipinski definition) is 6. The van der Waals surface area contributed by atoms with E-state index in [1.807, 2.05) is 0 Å². The Hall–Kier alpha value is -2.90. The molecular formula is C19H24N2O6. The molecule has 1 aliphatic heterocycles. The lowest BCUT2D eigenvalue weighted by Gasteiger charge is -2.33. The summed E-state index contributed by atoms with van der Waals surface area (Å²) in [7, 11) is 0. The Balaban J connectivity index is 1.92. The highest BCUT2D eigenvalue weighted by Crippen LogP contribution is 2.19. The molecule has 0 unspecified atom stereocenters. The van der Waals surface area contributed by atoms with E-state index < -0.39 is 30.5 Å². The molecule has 0 bridgehead atoms. The SMILES string of the molecule is CCOC(=O)[C@@H]1CCCCN1C(=O)COC(=O)c1ccc(NC(C)=O)cc1. The van der Waals surface area contributed by atoms with Gasteiger partial charge in [-0.3, -0.25) is 9.59 Å². The molecule has 0 aliphatic carbocycles. The molecule has 2 amide bonds. The molecule has 146 valence electrons. The summed E-state index contributed by atoms with van der Waals surface area (Å²) < 4.78 is 10.1. The highest BCUT2D eigenvalue weighted by Gasteiger charge is 2.33. The summed E-state index contributed by atoms with van der Waals surface area (Å²) in [5.41, 5.74) is 0.818. The van der Waals surface area contributed by atoms with Crippen LogP contribution >= 0.6 is 0 Å². The van der Waals surface area contributed by atoms with Gasteiger partial charge in [-0.1, -0.05) is 0 Å². The first kappa shape index (κ1) is 20.4. The van der Waals surface area contributed by atoms with Crippen molar-refractivity contribution in [1.82, 2.24) is 4.90 Å². The molecule has 0 radical (unpaired) electrons. The fourth-order valence-electron chi connectivity index (χ4n) is 2.90.